The molecule has 0 saturated carbocycles. The van der Waals surface area contributed by atoms with Crippen LogP contribution >= 0.6 is 0 Å². The first-order valence-corrected chi connectivity index (χ1v) is 10.6. The Kier molecular flexibility index (Phi) is 7.48. The van der Waals surface area contributed by atoms with Gasteiger partial charge in [-0.2, -0.15) is 0 Å². The van der Waals surface area contributed by atoms with Gasteiger partial charge < -0.3 is 9.64 Å². The van der Waals surface area contributed by atoms with E-state index in [1.54, 1.807) is 0 Å². The van der Waals surface area contributed by atoms with Gasteiger partial charge in [0.05, 0.1) is 0 Å². The van der Waals surface area contributed by atoms with Crippen molar-refractivity contribution in [2.45, 2.75) is 20.3 Å². The highest BCUT2D eigenvalue weighted by Gasteiger charge is 2.25. The van der Waals surface area contributed by atoms with Crippen LogP contribution in [0.2, 0.25) is 0 Å². The second-order valence-corrected chi connectivity index (χ2v) is 7.94. The Morgan fingerprint density at radius 2 is 1.55 bits per heavy atom. The number of ether oxygens (including phenoxy) is 1. The van der Waals surface area contributed by atoms with Gasteiger partial charge in [-0.1, -0.05) is 80.6 Å². The number of likely N-dealkylation sites (N-methyl/N-ethyl adjacent to an activating group) is 1. The average Bonchev–Trinajstić information content (AvgIpc) is 2.74. The topological polar surface area (TPSA) is 12.5 Å². The minimum Gasteiger partial charge on any atom is -0.493 e. The Hall–Kier alpha value is -2.58. The van der Waals surface area contributed by atoms with Crippen LogP contribution in [0.3, 0.4) is 0 Å². The zero-order valence-corrected chi connectivity index (χ0v) is 18.1. The third-order valence-electron chi connectivity index (χ3n) is 5.49. The van der Waals surface area contributed by atoms with Crippen molar-refractivity contribution >= 4 is 11.1 Å². The van der Waals surface area contributed by atoms with E-state index >= 15 is 0 Å². The molecular weight excluding hydrogens is 354 g/mol. The molecule has 2 nitrogen and oxygen atoms in total. The molecule has 2 heteroatoms. The lowest BCUT2D eigenvalue weighted by atomic mass is 9.76. The molecule has 2 atom stereocenters. The van der Waals surface area contributed by atoms with Crippen molar-refractivity contribution in [1.82, 2.24) is 4.90 Å². The molecule has 0 saturated heterocycles. The maximum absolute atomic E-state index is 5.99. The lowest BCUT2D eigenvalue weighted by Crippen LogP contribution is -2.19. The first-order valence-electron chi connectivity index (χ1n) is 10.6. The Balaban J connectivity index is 1.96. The summed E-state index contributed by atoms with van der Waals surface area (Å²) < 4.78 is 5.99. The van der Waals surface area contributed by atoms with Crippen LogP contribution in [-0.4, -0.2) is 32.1 Å². The van der Waals surface area contributed by atoms with Crippen LogP contribution in [-0.2, 0) is 4.74 Å². The molecular formula is C27H33NO. The number of nitrogens with zero attached hydrogens (tertiary/aromatic N) is 1. The summed E-state index contributed by atoms with van der Waals surface area (Å²) in [6, 6.07) is 21.6. The largest absolute Gasteiger partial charge is 0.493 e. The second kappa shape index (κ2) is 10.3. The highest BCUT2D eigenvalue weighted by molar-refractivity contribution is 5.92. The summed E-state index contributed by atoms with van der Waals surface area (Å²) in [7, 11) is 4.14. The van der Waals surface area contributed by atoms with Gasteiger partial charge in [-0.25, -0.2) is 0 Å². The van der Waals surface area contributed by atoms with E-state index in [9.17, 15) is 0 Å². The smallest absolute Gasteiger partial charge is 0.115 e. The van der Waals surface area contributed by atoms with Gasteiger partial charge in [0.15, 0.2) is 0 Å². The first-order chi connectivity index (χ1) is 14.1. The molecule has 0 radical (unpaired) electrons. The summed E-state index contributed by atoms with van der Waals surface area (Å²) in [6.07, 6.45) is 7.76. The van der Waals surface area contributed by atoms with Crippen LogP contribution < -0.4 is 0 Å². The predicted octanol–water partition coefficient (Wildman–Crippen LogP) is 6.29. The van der Waals surface area contributed by atoms with E-state index in [0.717, 1.165) is 18.7 Å². The van der Waals surface area contributed by atoms with Crippen molar-refractivity contribution in [3.63, 3.8) is 0 Å². The van der Waals surface area contributed by atoms with Crippen molar-refractivity contribution in [2.75, 3.05) is 27.2 Å². The van der Waals surface area contributed by atoms with Gasteiger partial charge in [-0.05, 0) is 60.9 Å². The Bertz CT molecular complexity index is 862. The number of hydrogen-bond donors (Lipinski definition) is 0. The first kappa shape index (κ1) is 21.1. The van der Waals surface area contributed by atoms with Crippen molar-refractivity contribution in [1.29, 1.82) is 0 Å². The molecule has 0 fully saturated rings. The van der Waals surface area contributed by atoms with Crippen LogP contribution in [0.4, 0.5) is 0 Å². The lowest BCUT2D eigenvalue weighted by molar-refractivity contribution is 0.189. The molecule has 2 unspecified atom stereocenters. The fourth-order valence-corrected chi connectivity index (χ4v) is 3.97. The van der Waals surface area contributed by atoms with E-state index in [2.05, 4.69) is 112 Å². The van der Waals surface area contributed by atoms with Crippen LogP contribution in [0.1, 0.15) is 31.4 Å². The lowest BCUT2D eigenvalue weighted by Gasteiger charge is -2.29. The van der Waals surface area contributed by atoms with Crippen molar-refractivity contribution < 1.29 is 4.74 Å². The zero-order chi connectivity index (χ0) is 20.6. The van der Waals surface area contributed by atoms with Gasteiger partial charge in [0.25, 0.3) is 0 Å². The van der Waals surface area contributed by atoms with Crippen LogP contribution in [0.15, 0.2) is 84.7 Å². The minimum absolute atomic E-state index is 0.328. The average molecular weight is 388 g/mol. The minimum atomic E-state index is 0.328. The summed E-state index contributed by atoms with van der Waals surface area (Å²) in [5, 5.41) is 0. The second-order valence-electron chi connectivity index (χ2n) is 7.94. The van der Waals surface area contributed by atoms with Crippen LogP contribution in [0, 0.1) is 11.8 Å². The standard InChI is InChI=1S/C27H33NO/c1-5-25(22-12-8-6-9-13-22)27(23-14-10-7-11-15-23)26-17-16-24(20-21(26)2)29-19-18-28(3)4/h6-17,20-21,26H,5,18-19H2,1-4H3/b27-25-. The molecule has 0 bridgehead atoms. The fourth-order valence-electron chi connectivity index (χ4n) is 3.97. The molecule has 2 aromatic rings. The van der Waals surface area contributed by atoms with Crippen molar-refractivity contribution in [3.05, 3.63) is 95.8 Å². The Labute approximate surface area is 176 Å². The predicted molar refractivity (Wildman–Crippen MR) is 124 cm³/mol. The molecule has 0 aliphatic heterocycles. The third kappa shape index (κ3) is 5.48. The van der Waals surface area contributed by atoms with E-state index in [-0.39, 0.29) is 0 Å². The number of rotatable bonds is 8. The number of benzene rings is 2. The van der Waals surface area contributed by atoms with E-state index in [1.165, 1.54) is 22.3 Å². The summed E-state index contributed by atoms with van der Waals surface area (Å²) in [5.74, 6) is 1.68. The summed E-state index contributed by atoms with van der Waals surface area (Å²) in [4.78, 5) is 2.14. The molecule has 0 heterocycles. The molecule has 152 valence electrons. The third-order valence-corrected chi connectivity index (χ3v) is 5.49. The van der Waals surface area contributed by atoms with E-state index in [1.807, 2.05) is 0 Å². The molecule has 3 rings (SSSR count). The molecule has 0 spiro atoms. The maximum atomic E-state index is 5.99. The molecule has 2 aromatic carbocycles. The van der Waals surface area contributed by atoms with Gasteiger partial charge in [0.2, 0.25) is 0 Å². The highest BCUT2D eigenvalue weighted by Crippen LogP contribution is 2.40. The quantitative estimate of drug-likeness (QED) is 0.493. The van der Waals surface area contributed by atoms with Crippen molar-refractivity contribution in [3.8, 4) is 0 Å². The van der Waals surface area contributed by atoms with Crippen molar-refractivity contribution in [2.24, 2.45) is 11.8 Å². The van der Waals surface area contributed by atoms with Gasteiger partial charge in [-0.3, -0.25) is 0 Å². The van der Waals surface area contributed by atoms with E-state index in [0.29, 0.717) is 18.4 Å². The Morgan fingerprint density at radius 1 is 0.931 bits per heavy atom. The molecule has 0 amide bonds. The highest BCUT2D eigenvalue weighted by atomic mass is 16.5. The van der Waals surface area contributed by atoms with Gasteiger partial charge >= 0.3 is 0 Å². The number of hydrogen-bond acceptors (Lipinski definition) is 2. The molecule has 1 aliphatic carbocycles. The van der Waals surface area contributed by atoms with Gasteiger partial charge in [-0.15, -0.1) is 0 Å². The molecule has 1 aliphatic rings. The summed E-state index contributed by atoms with van der Waals surface area (Å²) >= 11 is 0. The van der Waals surface area contributed by atoms with Crippen LogP contribution in [0.25, 0.3) is 11.1 Å². The summed E-state index contributed by atoms with van der Waals surface area (Å²) in [6.45, 7) is 6.19. The van der Waals surface area contributed by atoms with Gasteiger partial charge in [0, 0.05) is 12.5 Å². The summed E-state index contributed by atoms with van der Waals surface area (Å²) in [5.41, 5.74) is 5.46. The molecule has 0 aromatic heterocycles. The molecule has 29 heavy (non-hydrogen) atoms. The zero-order valence-electron chi connectivity index (χ0n) is 18.1. The van der Waals surface area contributed by atoms with Gasteiger partial charge in [0.1, 0.15) is 12.4 Å². The van der Waals surface area contributed by atoms with Crippen LogP contribution in [0.5, 0.6) is 0 Å². The van der Waals surface area contributed by atoms with E-state index < -0.39 is 0 Å². The monoisotopic (exact) mass is 387 g/mol. The maximum Gasteiger partial charge on any atom is 0.115 e. The van der Waals surface area contributed by atoms with E-state index in [4.69, 9.17) is 4.74 Å². The molecule has 0 N–H and O–H groups in total. The number of allylic oxidation sites excluding steroid dienone is 5. The Morgan fingerprint density at radius 3 is 2.10 bits per heavy atom. The SMILES string of the molecule is CC/C(=C(\c1ccccc1)C1C=CC(OCCN(C)C)=CC1C)c1ccccc1. The normalized spacial score (nSPS) is 19.7. The fraction of sp³-hybridized carbons (Fsp3) is 0.333.